The molecule has 1 fully saturated rings. The lowest BCUT2D eigenvalue weighted by atomic mass is 10.1. The van der Waals surface area contributed by atoms with Crippen LogP contribution < -0.4 is 10.2 Å². The lowest BCUT2D eigenvalue weighted by Crippen LogP contribution is -2.28. The summed E-state index contributed by atoms with van der Waals surface area (Å²) in [6.07, 6.45) is 0.155. The molecule has 0 spiro atoms. The van der Waals surface area contributed by atoms with Crippen LogP contribution in [0.4, 0.5) is 20.2 Å². The lowest BCUT2D eigenvalue weighted by Gasteiger charge is -2.15. The van der Waals surface area contributed by atoms with Crippen LogP contribution in [0.1, 0.15) is 23.2 Å². The zero-order chi connectivity index (χ0) is 20.5. The number of carbonyl (C=O) groups excluding carboxylic acids is 3. The minimum absolute atomic E-state index is 0.0225. The van der Waals surface area contributed by atoms with Gasteiger partial charge < -0.3 is 5.32 Å². The van der Waals surface area contributed by atoms with Crippen LogP contribution in [0.2, 0.25) is 0 Å². The molecular formula is C18H14F2N2O5S. The van der Waals surface area contributed by atoms with Gasteiger partial charge in [0.15, 0.2) is 0 Å². The predicted molar refractivity (Wildman–Crippen MR) is 95.8 cm³/mol. The Morgan fingerprint density at radius 2 is 1.64 bits per heavy atom. The molecule has 1 aliphatic heterocycles. The van der Waals surface area contributed by atoms with Crippen molar-refractivity contribution in [1.82, 2.24) is 0 Å². The summed E-state index contributed by atoms with van der Waals surface area (Å²) in [5.74, 6) is -5.20. The van der Waals surface area contributed by atoms with Crippen molar-refractivity contribution in [2.24, 2.45) is 0 Å². The summed E-state index contributed by atoms with van der Waals surface area (Å²) in [4.78, 5) is 36.5. The van der Waals surface area contributed by atoms with Crippen LogP contribution in [0.5, 0.6) is 0 Å². The Morgan fingerprint density at radius 1 is 1.00 bits per heavy atom. The third kappa shape index (κ3) is 3.63. The van der Waals surface area contributed by atoms with Crippen molar-refractivity contribution < 1.29 is 31.6 Å². The number of anilines is 2. The number of amides is 3. The number of hydrogen-bond acceptors (Lipinski definition) is 5. The summed E-state index contributed by atoms with van der Waals surface area (Å²) < 4.78 is 49.3. The number of alkyl halides is 2. The Kier molecular flexibility index (Phi) is 5.23. The number of sulfone groups is 1. The van der Waals surface area contributed by atoms with Crippen LogP contribution in [-0.2, 0) is 19.4 Å². The molecule has 1 N–H and O–H groups in total. The maximum atomic E-state index is 12.9. The second kappa shape index (κ2) is 7.47. The topological polar surface area (TPSA) is 101 Å². The normalized spacial score (nSPS) is 14.6. The number of hydrogen-bond donors (Lipinski definition) is 1. The van der Waals surface area contributed by atoms with Crippen molar-refractivity contribution in [2.75, 3.05) is 10.2 Å². The molecule has 0 atom stereocenters. The summed E-state index contributed by atoms with van der Waals surface area (Å²) in [6, 6.07) is 10.4. The van der Waals surface area contributed by atoms with E-state index in [4.69, 9.17) is 0 Å². The first-order valence-corrected chi connectivity index (χ1v) is 9.64. The number of imide groups is 1. The maximum absolute atomic E-state index is 12.9. The molecule has 28 heavy (non-hydrogen) atoms. The van der Waals surface area contributed by atoms with Crippen LogP contribution in [0.15, 0.2) is 53.4 Å². The van der Waals surface area contributed by atoms with Gasteiger partial charge in [0.2, 0.25) is 21.7 Å². The molecule has 3 amide bonds. The van der Waals surface area contributed by atoms with Gasteiger partial charge in [-0.15, -0.1) is 0 Å². The summed E-state index contributed by atoms with van der Waals surface area (Å²) in [6.45, 7) is 0. The molecule has 1 aliphatic rings. The molecular weight excluding hydrogens is 394 g/mol. The second-order valence-corrected chi connectivity index (χ2v) is 7.82. The highest BCUT2D eigenvalue weighted by Crippen LogP contribution is 2.27. The van der Waals surface area contributed by atoms with Crippen molar-refractivity contribution in [3.05, 3.63) is 54.1 Å². The number of nitrogens with zero attached hydrogens (tertiary/aromatic N) is 1. The first-order valence-electron chi connectivity index (χ1n) is 8.10. The fourth-order valence-corrected chi connectivity index (χ4v) is 3.65. The molecule has 1 heterocycles. The Balaban J connectivity index is 1.91. The number of halogens is 2. The standard InChI is InChI=1S/C18H14F2N2O5S/c19-18(20)28(26,27)14-7-2-1-6-13(14)21-17(25)11-4-3-5-12(10-11)22-15(23)8-9-16(22)24/h1-7,10,18H,8-9H2,(H,21,25). The van der Waals surface area contributed by atoms with Gasteiger partial charge in [-0.05, 0) is 30.3 Å². The molecule has 146 valence electrons. The van der Waals surface area contributed by atoms with Crippen LogP contribution >= 0.6 is 0 Å². The SMILES string of the molecule is O=C(Nc1ccccc1S(=O)(=O)C(F)F)c1cccc(N2C(=O)CCC2=O)c1. The van der Waals surface area contributed by atoms with Gasteiger partial charge in [-0.25, -0.2) is 8.42 Å². The lowest BCUT2D eigenvalue weighted by molar-refractivity contribution is -0.121. The van der Waals surface area contributed by atoms with E-state index >= 15 is 0 Å². The zero-order valence-electron chi connectivity index (χ0n) is 14.3. The fraction of sp³-hybridized carbons (Fsp3) is 0.167. The van der Waals surface area contributed by atoms with E-state index in [0.29, 0.717) is 0 Å². The number of benzene rings is 2. The average Bonchev–Trinajstić information content (AvgIpc) is 3.00. The highest BCUT2D eigenvalue weighted by Gasteiger charge is 2.31. The van der Waals surface area contributed by atoms with E-state index in [0.717, 1.165) is 11.0 Å². The number of carbonyl (C=O) groups is 3. The molecule has 2 aromatic rings. The van der Waals surface area contributed by atoms with Gasteiger partial charge in [0, 0.05) is 18.4 Å². The second-order valence-electron chi connectivity index (χ2n) is 5.93. The first kappa shape index (κ1) is 19.6. The monoisotopic (exact) mass is 408 g/mol. The Bertz CT molecular complexity index is 1050. The molecule has 0 bridgehead atoms. The number of para-hydroxylation sites is 1. The van der Waals surface area contributed by atoms with E-state index < -0.39 is 38.2 Å². The largest absolute Gasteiger partial charge is 0.341 e. The molecule has 0 aliphatic carbocycles. The molecule has 0 aromatic heterocycles. The minimum Gasteiger partial charge on any atom is -0.321 e. The van der Waals surface area contributed by atoms with E-state index in [1.165, 1.54) is 42.5 Å². The van der Waals surface area contributed by atoms with Crippen LogP contribution in [-0.4, -0.2) is 31.9 Å². The third-order valence-corrected chi connectivity index (χ3v) is 5.53. The van der Waals surface area contributed by atoms with Crippen molar-refractivity contribution in [2.45, 2.75) is 23.5 Å². The highest BCUT2D eigenvalue weighted by molar-refractivity contribution is 7.91. The van der Waals surface area contributed by atoms with Crippen molar-refractivity contribution in [1.29, 1.82) is 0 Å². The molecule has 3 rings (SSSR count). The molecule has 10 heteroatoms. The molecule has 0 unspecified atom stereocenters. The zero-order valence-corrected chi connectivity index (χ0v) is 15.1. The van der Waals surface area contributed by atoms with Gasteiger partial charge >= 0.3 is 5.76 Å². The van der Waals surface area contributed by atoms with E-state index in [1.54, 1.807) is 0 Å². The van der Waals surface area contributed by atoms with E-state index in [1.807, 2.05) is 0 Å². The van der Waals surface area contributed by atoms with Gasteiger partial charge in [-0.1, -0.05) is 18.2 Å². The smallest absolute Gasteiger partial charge is 0.321 e. The minimum atomic E-state index is -4.92. The molecule has 1 saturated heterocycles. The van der Waals surface area contributed by atoms with Crippen LogP contribution in [0.3, 0.4) is 0 Å². The third-order valence-electron chi connectivity index (χ3n) is 4.09. The van der Waals surface area contributed by atoms with E-state index in [9.17, 15) is 31.6 Å². The summed E-state index contributed by atoms with van der Waals surface area (Å²) in [7, 11) is -4.92. The first-order chi connectivity index (χ1) is 13.2. The summed E-state index contributed by atoms with van der Waals surface area (Å²) in [5.41, 5.74) is -0.0746. The van der Waals surface area contributed by atoms with Crippen LogP contribution in [0.25, 0.3) is 0 Å². The molecule has 0 saturated carbocycles. The van der Waals surface area contributed by atoms with Crippen LogP contribution in [0, 0.1) is 0 Å². The molecule has 7 nitrogen and oxygen atoms in total. The Hall–Kier alpha value is -3.14. The average molecular weight is 408 g/mol. The Labute approximate surface area is 158 Å². The summed E-state index contributed by atoms with van der Waals surface area (Å²) >= 11 is 0. The number of nitrogens with one attached hydrogen (secondary N) is 1. The molecule has 0 radical (unpaired) electrons. The fourth-order valence-electron chi connectivity index (χ4n) is 2.76. The van der Waals surface area contributed by atoms with Crippen molar-refractivity contribution >= 4 is 38.9 Å². The molecule has 2 aromatic carbocycles. The highest BCUT2D eigenvalue weighted by atomic mass is 32.2. The number of rotatable bonds is 5. The van der Waals surface area contributed by atoms with Gasteiger partial charge in [0.05, 0.1) is 16.3 Å². The quantitative estimate of drug-likeness (QED) is 0.767. The summed E-state index contributed by atoms with van der Waals surface area (Å²) in [5, 5.41) is 2.29. The Morgan fingerprint density at radius 3 is 2.29 bits per heavy atom. The van der Waals surface area contributed by atoms with E-state index in [-0.39, 0.29) is 29.8 Å². The maximum Gasteiger partial charge on any atom is 0.341 e. The van der Waals surface area contributed by atoms with Gasteiger partial charge in [0.25, 0.3) is 5.91 Å². The van der Waals surface area contributed by atoms with Gasteiger partial charge in [0.1, 0.15) is 0 Å². The van der Waals surface area contributed by atoms with E-state index in [2.05, 4.69) is 5.32 Å². The van der Waals surface area contributed by atoms with Gasteiger partial charge in [-0.3, -0.25) is 19.3 Å². The predicted octanol–water partition coefficient (Wildman–Crippen LogP) is 2.59. The van der Waals surface area contributed by atoms with Gasteiger partial charge in [-0.2, -0.15) is 8.78 Å². The van der Waals surface area contributed by atoms with Crippen molar-refractivity contribution in [3.8, 4) is 0 Å². The van der Waals surface area contributed by atoms with Crippen molar-refractivity contribution in [3.63, 3.8) is 0 Å².